The van der Waals surface area contributed by atoms with Gasteiger partial charge in [0.1, 0.15) is 5.82 Å². The summed E-state index contributed by atoms with van der Waals surface area (Å²) in [6.45, 7) is 0. The van der Waals surface area contributed by atoms with Crippen molar-refractivity contribution in [1.29, 1.82) is 0 Å². The third kappa shape index (κ3) is 2.17. The standard InChI is InChI=1S/C14H9FN2O3S/c15-9-3-1-8(2-4-9)12-11(7-18)17-10-5-6-16-14(13(10)12)21(19)20/h1-7,16-17H. The minimum atomic E-state index is -2.50. The van der Waals surface area contributed by atoms with Gasteiger partial charge < -0.3 is 9.97 Å². The molecule has 0 saturated carbocycles. The summed E-state index contributed by atoms with van der Waals surface area (Å²) in [6, 6.07) is 7.13. The van der Waals surface area contributed by atoms with Gasteiger partial charge in [0.15, 0.2) is 10.9 Å². The van der Waals surface area contributed by atoms with Crippen LogP contribution in [0.5, 0.6) is 0 Å². The second kappa shape index (κ2) is 5.02. The van der Waals surface area contributed by atoms with Crippen molar-refractivity contribution >= 4 is 27.5 Å². The molecule has 0 bridgehead atoms. The van der Waals surface area contributed by atoms with Gasteiger partial charge in [0.25, 0.3) is 0 Å². The number of hydrogen-bond acceptors (Lipinski definition) is 3. The summed E-state index contributed by atoms with van der Waals surface area (Å²) in [4.78, 5) is 16.8. The number of pyridine rings is 1. The van der Waals surface area contributed by atoms with Crippen LogP contribution < -0.4 is 0 Å². The summed E-state index contributed by atoms with van der Waals surface area (Å²) >= 11 is 0. The van der Waals surface area contributed by atoms with Crippen molar-refractivity contribution in [2.24, 2.45) is 0 Å². The molecular weight excluding hydrogens is 295 g/mol. The van der Waals surface area contributed by atoms with Gasteiger partial charge in [0, 0.05) is 17.1 Å². The molecule has 0 aliphatic heterocycles. The van der Waals surface area contributed by atoms with Gasteiger partial charge in [0.2, 0.25) is 10.3 Å². The first-order valence-corrected chi connectivity index (χ1v) is 7.06. The van der Waals surface area contributed by atoms with E-state index in [0.29, 0.717) is 28.3 Å². The molecule has 0 radical (unpaired) electrons. The van der Waals surface area contributed by atoms with Crippen molar-refractivity contribution < 1.29 is 17.6 Å². The molecule has 3 aromatic rings. The number of aromatic nitrogens is 2. The first-order chi connectivity index (χ1) is 10.1. The molecule has 2 heterocycles. The molecule has 0 unspecified atom stereocenters. The number of carbonyl (C=O) groups excluding carboxylic acids is 1. The average molecular weight is 304 g/mol. The molecule has 0 spiro atoms. The van der Waals surface area contributed by atoms with Crippen molar-refractivity contribution in [2.45, 2.75) is 0 Å². The number of aromatic amines is 2. The molecule has 2 N–H and O–H groups in total. The summed E-state index contributed by atoms with van der Waals surface area (Å²) in [5, 5.41) is 0.375. The zero-order chi connectivity index (χ0) is 15.0. The SMILES string of the molecule is O=Cc1[nH]c2cc[nH]c(=S(=O)=O)c2c1-c1ccc(F)cc1. The molecule has 2 aromatic heterocycles. The van der Waals surface area contributed by atoms with E-state index in [1.54, 1.807) is 6.07 Å². The Morgan fingerprint density at radius 3 is 2.43 bits per heavy atom. The lowest BCUT2D eigenvalue weighted by Crippen LogP contribution is -1.86. The van der Waals surface area contributed by atoms with Gasteiger partial charge >= 0.3 is 0 Å². The topological polar surface area (TPSA) is 82.8 Å². The Balaban J connectivity index is 2.54. The molecule has 21 heavy (non-hydrogen) atoms. The lowest BCUT2D eigenvalue weighted by molar-refractivity contribution is 0.112. The third-order valence-electron chi connectivity index (χ3n) is 3.17. The molecule has 5 nitrogen and oxygen atoms in total. The highest BCUT2D eigenvalue weighted by Crippen LogP contribution is 2.31. The molecule has 0 aliphatic carbocycles. The molecule has 0 aliphatic rings. The zero-order valence-corrected chi connectivity index (χ0v) is 11.4. The largest absolute Gasteiger partial charge is 0.352 e. The minimum absolute atomic E-state index is 0.0313. The second-order valence-corrected chi connectivity index (χ2v) is 5.25. The van der Waals surface area contributed by atoms with Gasteiger partial charge in [-0.15, -0.1) is 0 Å². The van der Waals surface area contributed by atoms with Gasteiger partial charge in [-0.05, 0) is 23.8 Å². The maximum atomic E-state index is 13.1. The fraction of sp³-hybridized carbons (Fsp3) is 0. The Hall–Kier alpha value is -2.67. The Kier molecular flexibility index (Phi) is 3.19. The summed E-state index contributed by atoms with van der Waals surface area (Å²) in [5.74, 6) is -0.412. The summed E-state index contributed by atoms with van der Waals surface area (Å²) in [5.41, 5.74) is 1.73. The highest BCUT2D eigenvalue weighted by molar-refractivity contribution is 7.64. The number of fused-ring (bicyclic) bond motifs is 1. The Labute approximate surface area is 119 Å². The van der Waals surface area contributed by atoms with Crippen LogP contribution in [0.2, 0.25) is 0 Å². The van der Waals surface area contributed by atoms with Crippen molar-refractivity contribution in [2.75, 3.05) is 0 Å². The van der Waals surface area contributed by atoms with E-state index in [1.165, 1.54) is 30.5 Å². The van der Waals surface area contributed by atoms with Crippen molar-refractivity contribution in [3.63, 3.8) is 0 Å². The van der Waals surface area contributed by atoms with E-state index in [-0.39, 0.29) is 10.3 Å². The predicted octanol–water partition coefficient (Wildman–Crippen LogP) is 2.53. The molecule has 0 amide bonds. The highest BCUT2D eigenvalue weighted by Gasteiger charge is 2.15. The zero-order valence-electron chi connectivity index (χ0n) is 10.6. The summed E-state index contributed by atoms with van der Waals surface area (Å²) in [7, 11) is -2.50. The van der Waals surface area contributed by atoms with Gasteiger partial charge in [-0.3, -0.25) is 4.79 Å². The molecule has 7 heteroatoms. The number of H-pyrrole nitrogens is 2. The van der Waals surface area contributed by atoms with Crippen molar-refractivity contribution in [1.82, 2.24) is 9.97 Å². The fourth-order valence-electron chi connectivity index (χ4n) is 2.31. The number of carbonyl (C=O) groups is 1. The van der Waals surface area contributed by atoms with Crippen LogP contribution in [-0.2, 0) is 10.3 Å². The molecule has 0 fully saturated rings. The Morgan fingerprint density at radius 1 is 1.10 bits per heavy atom. The Bertz CT molecular complexity index is 1010. The quantitative estimate of drug-likeness (QED) is 0.563. The van der Waals surface area contributed by atoms with Crippen LogP contribution in [-0.4, -0.2) is 24.7 Å². The molecule has 0 atom stereocenters. The number of hydrogen-bond donors (Lipinski definition) is 2. The fourth-order valence-corrected chi connectivity index (χ4v) is 2.85. The number of rotatable bonds is 2. The molecule has 106 valence electrons. The highest BCUT2D eigenvalue weighted by atomic mass is 32.2. The van der Waals surface area contributed by atoms with E-state index in [1.807, 2.05) is 0 Å². The molecule has 3 rings (SSSR count). The van der Waals surface area contributed by atoms with Crippen LogP contribution in [0.25, 0.3) is 22.0 Å². The number of benzene rings is 1. The maximum Gasteiger partial charge on any atom is 0.238 e. The number of nitrogens with one attached hydrogen (secondary N) is 2. The maximum absolute atomic E-state index is 13.1. The smallest absolute Gasteiger partial charge is 0.238 e. The van der Waals surface area contributed by atoms with Crippen molar-refractivity contribution in [3.05, 3.63) is 52.7 Å². The average Bonchev–Trinajstić information content (AvgIpc) is 2.86. The van der Waals surface area contributed by atoms with E-state index in [9.17, 15) is 17.6 Å². The molecular formula is C14H9FN2O3S. The van der Waals surface area contributed by atoms with Crippen LogP contribution in [0.3, 0.4) is 0 Å². The van der Waals surface area contributed by atoms with Gasteiger partial charge in [-0.2, -0.15) is 8.42 Å². The number of halogens is 1. The van der Waals surface area contributed by atoms with Crippen LogP contribution in [0.1, 0.15) is 10.5 Å². The van der Waals surface area contributed by atoms with E-state index in [2.05, 4.69) is 9.97 Å². The van der Waals surface area contributed by atoms with Gasteiger partial charge in [0.05, 0.1) is 11.2 Å². The normalized spacial score (nSPS) is 10.7. The summed E-state index contributed by atoms with van der Waals surface area (Å²) in [6.07, 6.45) is 2.07. The lowest BCUT2D eigenvalue weighted by atomic mass is 10.0. The monoisotopic (exact) mass is 304 g/mol. The van der Waals surface area contributed by atoms with E-state index in [0.717, 1.165) is 0 Å². The predicted molar refractivity (Wildman–Crippen MR) is 75.6 cm³/mol. The van der Waals surface area contributed by atoms with Crippen LogP contribution in [0, 0.1) is 10.5 Å². The van der Waals surface area contributed by atoms with E-state index >= 15 is 0 Å². The first kappa shape index (κ1) is 13.3. The second-order valence-electron chi connectivity index (χ2n) is 4.37. The van der Waals surface area contributed by atoms with Crippen LogP contribution >= 0.6 is 0 Å². The summed E-state index contributed by atoms with van der Waals surface area (Å²) < 4.78 is 35.7. The molecule has 0 saturated heterocycles. The third-order valence-corrected chi connectivity index (χ3v) is 3.82. The van der Waals surface area contributed by atoms with Gasteiger partial charge in [-0.25, -0.2) is 4.39 Å². The van der Waals surface area contributed by atoms with E-state index in [4.69, 9.17) is 0 Å². The van der Waals surface area contributed by atoms with Crippen LogP contribution in [0.15, 0.2) is 36.5 Å². The lowest BCUT2D eigenvalue weighted by Gasteiger charge is -2.01. The number of aldehydes is 1. The van der Waals surface area contributed by atoms with E-state index < -0.39 is 16.1 Å². The Morgan fingerprint density at radius 2 is 1.81 bits per heavy atom. The van der Waals surface area contributed by atoms with Crippen LogP contribution in [0.4, 0.5) is 4.39 Å². The minimum Gasteiger partial charge on any atom is -0.352 e. The molecule has 1 aromatic carbocycles. The van der Waals surface area contributed by atoms with Gasteiger partial charge in [-0.1, -0.05) is 12.1 Å². The van der Waals surface area contributed by atoms with Crippen molar-refractivity contribution in [3.8, 4) is 11.1 Å². The first-order valence-electron chi connectivity index (χ1n) is 5.98.